The maximum absolute atomic E-state index is 12.0. The Labute approximate surface area is 136 Å². The summed E-state index contributed by atoms with van der Waals surface area (Å²) in [4.78, 5) is 16.4. The van der Waals surface area contributed by atoms with E-state index in [4.69, 9.17) is 4.74 Å². The summed E-state index contributed by atoms with van der Waals surface area (Å²) in [6, 6.07) is 9.90. The summed E-state index contributed by atoms with van der Waals surface area (Å²) in [7, 11) is 0. The van der Waals surface area contributed by atoms with Crippen LogP contribution in [0.25, 0.3) is 10.9 Å². The van der Waals surface area contributed by atoms with E-state index in [1.807, 2.05) is 30.3 Å². The molecule has 2 aliphatic rings. The lowest BCUT2D eigenvalue weighted by atomic mass is 10.2. The van der Waals surface area contributed by atoms with Crippen molar-refractivity contribution < 1.29 is 9.53 Å². The monoisotopic (exact) mass is 310 g/mol. The Morgan fingerprint density at radius 3 is 3.00 bits per heavy atom. The summed E-state index contributed by atoms with van der Waals surface area (Å²) >= 11 is 0. The summed E-state index contributed by atoms with van der Waals surface area (Å²) < 4.78 is 5.83. The predicted octanol–water partition coefficient (Wildman–Crippen LogP) is 3.17. The Hall–Kier alpha value is -2.10. The third kappa shape index (κ3) is 3.31. The highest BCUT2D eigenvalue weighted by Gasteiger charge is 2.50. The second-order valence-electron chi connectivity index (χ2n) is 6.67. The SMILES string of the molecule is O=C(NCCCOc1cccc2cccnc12)[C@H]1C[C@H]1C1CC1. The van der Waals surface area contributed by atoms with Gasteiger partial charge in [-0.05, 0) is 49.7 Å². The number of nitrogens with zero attached hydrogens (tertiary/aromatic N) is 1. The number of rotatable bonds is 7. The molecule has 23 heavy (non-hydrogen) atoms. The smallest absolute Gasteiger partial charge is 0.223 e. The van der Waals surface area contributed by atoms with E-state index in [2.05, 4.69) is 10.3 Å². The van der Waals surface area contributed by atoms with Crippen LogP contribution in [0.5, 0.6) is 5.75 Å². The molecule has 1 heterocycles. The summed E-state index contributed by atoms with van der Waals surface area (Å²) in [5.74, 6) is 2.89. The number of pyridine rings is 1. The molecule has 2 saturated carbocycles. The van der Waals surface area contributed by atoms with Crippen molar-refractivity contribution in [3.05, 3.63) is 36.5 Å². The third-order valence-electron chi connectivity index (χ3n) is 4.88. The van der Waals surface area contributed by atoms with E-state index in [1.54, 1.807) is 6.20 Å². The van der Waals surface area contributed by atoms with Gasteiger partial charge >= 0.3 is 0 Å². The van der Waals surface area contributed by atoms with Gasteiger partial charge in [0.05, 0.1) is 6.61 Å². The standard InChI is InChI=1S/C19H22N2O2/c22-19(16-12-15(16)13-7-8-13)21-10-3-11-23-17-6-1-4-14-5-2-9-20-18(14)17/h1-2,4-6,9,13,15-16H,3,7-8,10-12H2,(H,21,22)/t15-,16-/m0/s1. The molecule has 1 aromatic heterocycles. The van der Waals surface area contributed by atoms with Gasteiger partial charge in [0, 0.05) is 24.0 Å². The molecule has 0 bridgehead atoms. The number of aromatic nitrogens is 1. The van der Waals surface area contributed by atoms with Gasteiger partial charge in [0.2, 0.25) is 5.91 Å². The van der Waals surface area contributed by atoms with Crippen molar-refractivity contribution in [1.82, 2.24) is 10.3 Å². The molecule has 4 nitrogen and oxygen atoms in total. The topological polar surface area (TPSA) is 51.2 Å². The number of hydrogen-bond acceptors (Lipinski definition) is 3. The molecule has 4 heteroatoms. The summed E-state index contributed by atoms with van der Waals surface area (Å²) in [6.45, 7) is 1.28. The molecule has 1 amide bonds. The van der Waals surface area contributed by atoms with Crippen LogP contribution in [0.3, 0.4) is 0 Å². The molecule has 1 N–H and O–H groups in total. The second-order valence-corrected chi connectivity index (χ2v) is 6.67. The zero-order valence-electron chi connectivity index (χ0n) is 13.2. The lowest BCUT2D eigenvalue weighted by molar-refractivity contribution is -0.122. The fourth-order valence-corrected chi connectivity index (χ4v) is 3.35. The van der Waals surface area contributed by atoms with Crippen molar-refractivity contribution in [1.29, 1.82) is 0 Å². The van der Waals surface area contributed by atoms with Crippen molar-refractivity contribution in [3.8, 4) is 5.75 Å². The third-order valence-corrected chi connectivity index (χ3v) is 4.88. The van der Waals surface area contributed by atoms with E-state index in [-0.39, 0.29) is 5.91 Å². The normalized spacial score (nSPS) is 22.8. The van der Waals surface area contributed by atoms with E-state index in [0.29, 0.717) is 25.0 Å². The van der Waals surface area contributed by atoms with Crippen molar-refractivity contribution in [2.24, 2.45) is 17.8 Å². The number of hydrogen-bond donors (Lipinski definition) is 1. The van der Waals surface area contributed by atoms with Gasteiger partial charge in [-0.15, -0.1) is 0 Å². The van der Waals surface area contributed by atoms with E-state index < -0.39 is 0 Å². The molecule has 120 valence electrons. The van der Waals surface area contributed by atoms with Crippen LogP contribution in [-0.2, 0) is 4.79 Å². The van der Waals surface area contributed by atoms with Crippen LogP contribution >= 0.6 is 0 Å². The molecular formula is C19H22N2O2. The van der Waals surface area contributed by atoms with E-state index in [9.17, 15) is 4.79 Å². The van der Waals surface area contributed by atoms with Crippen molar-refractivity contribution >= 4 is 16.8 Å². The molecule has 0 aliphatic heterocycles. The first kappa shape index (κ1) is 14.5. The Morgan fingerprint density at radius 1 is 1.26 bits per heavy atom. The number of benzene rings is 1. The maximum atomic E-state index is 12.0. The average molecular weight is 310 g/mol. The molecular weight excluding hydrogens is 288 g/mol. The van der Waals surface area contributed by atoms with Crippen LogP contribution in [0.2, 0.25) is 0 Å². The number of carbonyl (C=O) groups is 1. The van der Waals surface area contributed by atoms with Crippen LogP contribution < -0.4 is 10.1 Å². The van der Waals surface area contributed by atoms with Gasteiger partial charge < -0.3 is 10.1 Å². The Bertz CT molecular complexity index is 706. The minimum absolute atomic E-state index is 0.244. The zero-order valence-corrected chi connectivity index (χ0v) is 13.2. The number of ether oxygens (including phenoxy) is 1. The van der Waals surface area contributed by atoms with E-state index in [0.717, 1.165) is 35.4 Å². The number of para-hydroxylation sites is 1. The molecule has 2 fully saturated rings. The summed E-state index contributed by atoms with van der Waals surface area (Å²) in [6.07, 6.45) is 6.37. The number of carbonyl (C=O) groups excluding carboxylic acids is 1. The molecule has 0 saturated heterocycles. The molecule has 2 atom stereocenters. The van der Waals surface area contributed by atoms with E-state index >= 15 is 0 Å². The van der Waals surface area contributed by atoms with Crippen molar-refractivity contribution in [3.63, 3.8) is 0 Å². The highest BCUT2D eigenvalue weighted by atomic mass is 16.5. The van der Waals surface area contributed by atoms with Gasteiger partial charge in [-0.3, -0.25) is 9.78 Å². The van der Waals surface area contributed by atoms with Crippen molar-refractivity contribution in [2.45, 2.75) is 25.7 Å². The summed E-state index contributed by atoms with van der Waals surface area (Å²) in [5.41, 5.74) is 0.893. The molecule has 2 aromatic rings. The molecule has 2 aliphatic carbocycles. The molecule has 1 aromatic carbocycles. The minimum atomic E-state index is 0.244. The fraction of sp³-hybridized carbons (Fsp3) is 0.474. The predicted molar refractivity (Wildman–Crippen MR) is 89.2 cm³/mol. The molecule has 0 unspecified atom stereocenters. The van der Waals surface area contributed by atoms with Crippen molar-refractivity contribution in [2.75, 3.05) is 13.2 Å². The van der Waals surface area contributed by atoms with E-state index in [1.165, 1.54) is 12.8 Å². The van der Waals surface area contributed by atoms with Gasteiger partial charge in [-0.1, -0.05) is 18.2 Å². The lowest BCUT2D eigenvalue weighted by Crippen LogP contribution is -2.27. The Kier molecular flexibility index (Phi) is 3.90. The van der Waals surface area contributed by atoms with Gasteiger partial charge in [0.15, 0.2) is 0 Å². The highest BCUT2D eigenvalue weighted by molar-refractivity contribution is 5.84. The molecule has 0 radical (unpaired) electrons. The van der Waals surface area contributed by atoms with Crippen LogP contribution in [0.15, 0.2) is 36.5 Å². The van der Waals surface area contributed by atoms with Crippen LogP contribution in [-0.4, -0.2) is 24.0 Å². The second kappa shape index (κ2) is 6.19. The zero-order chi connectivity index (χ0) is 15.6. The molecule has 4 rings (SSSR count). The number of amides is 1. The van der Waals surface area contributed by atoms with Gasteiger partial charge in [-0.25, -0.2) is 0 Å². The first-order chi connectivity index (χ1) is 11.3. The number of nitrogens with one attached hydrogen (secondary N) is 1. The largest absolute Gasteiger partial charge is 0.491 e. The fourth-order valence-electron chi connectivity index (χ4n) is 3.35. The van der Waals surface area contributed by atoms with Gasteiger partial charge in [-0.2, -0.15) is 0 Å². The van der Waals surface area contributed by atoms with Gasteiger partial charge in [0.1, 0.15) is 11.3 Å². The first-order valence-corrected chi connectivity index (χ1v) is 8.57. The van der Waals surface area contributed by atoms with Gasteiger partial charge in [0.25, 0.3) is 0 Å². The summed E-state index contributed by atoms with van der Waals surface area (Å²) in [5, 5.41) is 4.13. The Morgan fingerprint density at radius 2 is 2.13 bits per heavy atom. The minimum Gasteiger partial charge on any atom is -0.491 e. The average Bonchev–Trinajstić information content (AvgIpc) is 3.46. The lowest BCUT2D eigenvalue weighted by Gasteiger charge is -2.09. The first-order valence-electron chi connectivity index (χ1n) is 8.57. The molecule has 0 spiro atoms. The maximum Gasteiger partial charge on any atom is 0.223 e. The van der Waals surface area contributed by atoms with Crippen LogP contribution in [0.4, 0.5) is 0 Å². The van der Waals surface area contributed by atoms with Crippen LogP contribution in [0.1, 0.15) is 25.7 Å². The van der Waals surface area contributed by atoms with Crippen LogP contribution in [0, 0.1) is 17.8 Å². The highest BCUT2D eigenvalue weighted by Crippen LogP contribution is 2.54. The quantitative estimate of drug-likeness (QED) is 0.799. The number of fused-ring (bicyclic) bond motifs is 1. The Balaban J connectivity index is 1.20.